The van der Waals surface area contributed by atoms with Gasteiger partial charge < -0.3 is 20.1 Å². The molecule has 1 saturated heterocycles. The molecule has 1 aromatic carbocycles. The number of amides is 2. The SMILES string of the molecule is O=C1CC[C@@H](C(=O)NCC2(c3ccc4c(c3)OCO4)CCCCC2)CN1. The van der Waals surface area contributed by atoms with Crippen molar-refractivity contribution in [3.05, 3.63) is 23.8 Å². The fourth-order valence-electron chi connectivity index (χ4n) is 4.38. The number of carbonyl (C=O) groups is 2. The van der Waals surface area contributed by atoms with Crippen molar-refractivity contribution in [3.8, 4) is 11.5 Å². The Labute approximate surface area is 153 Å². The summed E-state index contributed by atoms with van der Waals surface area (Å²) in [7, 11) is 0. The lowest BCUT2D eigenvalue weighted by Crippen LogP contribution is -2.47. The molecule has 0 unspecified atom stereocenters. The number of rotatable bonds is 4. The fourth-order valence-corrected chi connectivity index (χ4v) is 4.38. The molecule has 0 radical (unpaired) electrons. The van der Waals surface area contributed by atoms with Crippen LogP contribution < -0.4 is 20.1 Å². The molecule has 2 heterocycles. The minimum Gasteiger partial charge on any atom is -0.454 e. The van der Waals surface area contributed by atoms with E-state index in [2.05, 4.69) is 22.8 Å². The van der Waals surface area contributed by atoms with E-state index in [4.69, 9.17) is 9.47 Å². The van der Waals surface area contributed by atoms with Gasteiger partial charge >= 0.3 is 0 Å². The van der Waals surface area contributed by atoms with Crippen LogP contribution in [0.1, 0.15) is 50.5 Å². The van der Waals surface area contributed by atoms with Crippen LogP contribution in [-0.4, -0.2) is 31.7 Å². The van der Waals surface area contributed by atoms with Crippen molar-refractivity contribution in [2.75, 3.05) is 19.9 Å². The molecule has 6 heteroatoms. The van der Waals surface area contributed by atoms with Crippen molar-refractivity contribution in [1.82, 2.24) is 10.6 Å². The second kappa shape index (κ2) is 7.17. The largest absolute Gasteiger partial charge is 0.454 e. The maximum atomic E-state index is 12.6. The molecule has 0 bridgehead atoms. The molecule has 0 aromatic heterocycles. The zero-order chi connectivity index (χ0) is 18.0. The van der Waals surface area contributed by atoms with Crippen LogP contribution in [0.25, 0.3) is 0 Å². The van der Waals surface area contributed by atoms with Crippen molar-refractivity contribution >= 4 is 11.8 Å². The number of nitrogens with one attached hydrogen (secondary N) is 2. The first-order valence-corrected chi connectivity index (χ1v) is 9.61. The van der Waals surface area contributed by atoms with Gasteiger partial charge in [0, 0.05) is 24.9 Å². The first kappa shape index (κ1) is 17.2. The Balaban J connectivity index is 1.48. The lowest BCUT2D eigenvalue weighted by atomic mass is 9.69. The first-order chi connectivity index (χ1) is 12.7. The number of fused-ring (bicyclic) bond motifs is 1. The Bertz CT molecular complexity index is 687. The summed E-state index contributed by atoms with van der Waals surface area (Å²) in [6.45, 7) is 1.35. The first-order valence-electron chi connectivity index (χ1n) is 9.61. The van der Waals surface area contributed by atoms with Crippen LogP contribution in [0.2, 0.25) is 0 Å². The number of carbonyl (C=O) groups excluding carboxylic acids is 2. The van der Waals surface area contributed by atoms with Crippen LogP contribution in [0.4, 0.5) is 0 Å². The van der Waals surface area contributed by atoms with Crippen LogP contribution in [0.15, 0.2) is 18.2 Å². The van der Waals surface area contributed by atoms with E-state index in [-0.39, 0.29) is 29.9 Å². The molecule has 2 fully saturated rings. The molecule has 2 aliphatic heterocycles. The lowest BCUT2D eigenvalue weighted by Gasteiger charge is -2.38. The summed E-state index contributed by atoms with van der Waals surface area (Å²) in [5, 5.41) is 5.97. The Kier molecular flexibility index (Phi) is 4.74. The Morgan fingerprint density at radius 2 is 2.00 bits per heavy atom. The highest BCUT2D eigenvalue weighted by molar-refractivity contribution is 5.83. The van der Waals surface area contributed by atoms with Crippen LogP contribution >= 0.6 is 0 Å². The predicted molar refractivity (Wildman–Crippen MR) is 96.1 cm³/mol. The Hall–Kier alpha value is -2.24. The van der Waals surface area contributed by atoms with Crippen molar-refractivity contribution in [1.29, 1.82) is 0 Å². The summed E-state index contributed by atoms with van der Waals surface area (Å²) in [5.74, 6) is 1.56. The van der Waals surface area contributed by atoms with E-state index in [0.29, 0.717) is 25.9 Å². The van der Waals surface area contributed by atoms with E-state index in [1.165, 1.54) is 24.8 Å². The highest BCUT2D eigenvalue weighted by Gasteiger charge is 2.36. The second-order valence-electron chi connectivity index (χ2n) is 7.67. The summed E-state index contributed by atoms with van der Waals surface area (Å²) in [6, 6.07) is 6.18. The maximum Gasteiger partial charge on any atom is 0.231 e. The lowest BCUT2D eigenvalue weighted by molar-refractivity contribution is -0.129. The van der Waals surface area contributed by atoms with Gasteiger partial charge in [0.15, 0.2) is 11.5 Å². The smallest absolute Gasteiger partial charge is 0.231 e. The molecule has 6 nitrogen and oxygen atoms in total. The summed E-state index contributed by atoms with van der Waals surface area (Å²) in [4.78, 5) is 23.9. The average molecular weight is 358 g/mol. The van der Waals surface area contributed by atoms with Gasteiger partial charge in [0.1, 0.15) is 0 Å². The van der Waals surface area contributed by atoms with E-state index in [1.54, 1.807) is 0 Å². The van der Waals surface area contributed by atoms with E-state index in [0.717, 1.165) is 24.3 Å². The van der Waals surface area contributed by atoms with E-state index >= 15 is 0 Å². The molecule has 2 N–H and O–H groups in total. The van der Waals surface area contributed by atoms with Gasteiger partial charge in [-0.1, -0.05) is 25.3 Å². The monoisotopic (exact) mass is 358 g/mol. The topological polar surface area (TPSA) is 76.7 Å². The minimum absolute atomic E-state index is 0.0400. The van der Waals surface area contributed by atoms with Crippen molar-refractivity contribution < 1.29 is 19.1 Å². The second-order valence-corrected chi connectivity index (χ2v) is 7.67. The van der Waals surface area contributed by atoms with Gasteiger partial charge in [-0.05, 0) is 37.0 Å². The number of benzene rings is 1. The van der Waals surface area contributed by atoms with Crippen molar-refractivity contribution in [3.63, 3.8) is 0 Å². The van der Waals surface area contributed by atoms with E-state index in [1.807, 2.05) is 6.07 Å². The Morgan fingerprint density at radius 3 is 2.77 bits per heavy atom. The third-order valence-corrected chi connectivity index (χ3v) is 6.03. The molecule has 3 aliphatic rings. The third kappa shape index (κ3) is 3.37. The standard InChI is InChI=1S/C20H26N2O4/c23-18-7-4-14(11-21-18)19(24)22-12-20(8-2-1-3-9-20)15-5-6-16-17(10-15)26-13-25-16/h5-6,10,14H,1-4,7-9,11-13H2,(H,21,23)(H,22,24)/t14-/m1/s1. The molecule has 1 aromatic rings. The molecular formula is C20H26N2O4. The molecule has 2 amide bonds. The van der Waals surface area contributed by atoms with Gasteiger partial charge in [0.05, 0.1) is 5.92 Å². The number of piperidine rings is 1. The molecular weight excluding hydrogens is 332 g/mol. The van der Waals surface area contributed by atoms with Crippen molar-refractivity contribution in [2.45, 2.75) is 50.4 Å². The highest BCUT2D eigenvalue weighted by Crippen LogP contribution is 2.43. The summed E-state index contributed by atoms with van der Waals surface area (Å²) in [5.41, 5.74) is 1.17. The van der Waals surface area contributed by atoms with Crippen LogP contribution in [0.3, 0.4) is 0 Å². The van der Waals surface area contributed by atoms with Gasteiger partial charge in [-0.2, -0.15) is 0 Å². The summed E-state index contributed by atoms with van der Waals surface area (Å²) < 4.78 is 11.0. The third-order valence-electron chi connectivity index (χ3n) is 6.03. The van der Waals surface area contributed by atoms with Gasteiger partial charge in [-0.3, -0.25) is 9.59 Å². The van der Waals surface area contributed by atoms with Crippen LogP contribution in [0.5, 0.6) is 11.5 Å². The molecule has 0 spiro atoms. The highest BCUT2D eigenvalue weighted by atomic mass is 16.7. The van der Waals surface area contributed by atoms with Gasteiger partial charge in [0.2, 0.25) is 18.6 Å². The molecule has 1 atom stereocenters. The quantitative estimate of drug-likeness (QED) is 0.866. The zero-order valence-corrected chi connectivity index (χ0v) is 15.0. The van der Waals surface area contributed by atoms with E-state index in [9.17, 15) is 9.59 Å². The molecule has 26 heavy (non-hydrogen) atoms. The van der Waals surface area contributed by atoms with Gasteiger partial charge in [-0.15, -0.1) is 0 Å². The molecule has 140 valence electrons. The van der Waals surface area contributed by atoms with Crippen LogP contribution in [0, 0.1) is 5.92 Å². The molecule has 1 aliphatic carbocycles. The Morgan fingerprint density at radius 1 is 1.19 bits per heavy atom. The number of hydrogen-bond acceptors (Lipinski definition) is 4. The maximum absolute atomic E-state index is 12.6. The normalized spacial score (nSPS) is 24.0. The number of ether oxygens (including phenoxy) is 2. The average Bonchev–Trinajstić information content (AvgIpc) is 3.15. The van der Waals surface area contributed by atoms with Gasteiger partial charge in [0.25, 0.3) is 0 Å². The number of hydrogen-bond donors (Lipinski definition) is 2. The van der Waals surface area contributed by atoms with Crippen molar-refractivity contribution in [2.24, 2.45) is 5.92 Å². The zero-order valence-electron chi connectivity index (χ0n) is 15.0. The molecule has 1 saturated carbocycles. The van der Waals surface area contributed by atoms with Gasteiger partial charge in [-0.25, -0.2) is 0 Å². The molecule has 4 rings (SSSR count). The minimum atomic E-state index is -0.120. The summed E-state index contributed by atoms with van der Waals surface area (Å²) in [6.07, 6.45) is 6.78. The summed E-state index contributed by atoms with van der Waals surface area (Å²) >= 11 is 0. The van der Waals surface area contributed by atoms with E-state index < -0.39 is 0 Å². The van der Waals surface area contributed by atoms with Crippen LogP contribution in [-0.2, 0) is 15.0 Å². The fraction of sp³-hybridized carbons (Fsp3) is 0.600. The predicted octanol–water partition coefficient (Wildman–Crippen LogP) is 2.26.